The van der Waals surface area contributed by atoms with Crippen molar-refractivity contribution in [3.05, 3.63) is 0 Å². The van der Waals surface area contributed by atoms with Crippen molar-refractivity contribution in [3.8, 4) is 0 Å². The van der Waals surface area contributed by atoms with Crippen molar-refractivity contribution < 1.29 is 19.5 Å². The van der Waals surface area contributed by atoms with E-state index in [4.69, 9.17) is 5.73 Å². The molecular weight excluding hydrogens is 442 g/mol. The molecule has 7 nitrogen and oxygen atoms in total. The Morgan fingerprint density at radius 2 is 1.23 bits per heavy atom. The molecule has 0 aliphatic heterocycles. The first-order valence-corrected chi connectivity index (χ1v) is 14.3. The lowest BCUT2D eigenvalue weighted by Gasteiger charge is -2.23. The van der Waals surface area contributed by atoms with Crippen LogP contribution in [0.3, 0.4) is 0 Å². The molecule has 2 atom stereocenters. The molecular formula is C28H55N3O4. The Balaban J connectivity index is 4.14. The maximum absolute atomic E-state index is 12.7. The summed E-state index contributed by atoms with van der Waals surface area (Å²) >= 11 is 0. The Labute approximate surface area is 214 Å². The third-order valence-corrected chi connectivity index (χ3v) is 6.43. The number of unbranched alkanes of at least 4 members (excludes halogenated alkanes) is 13. The van der Waals surface area contributed by atoms with Crippen LogP contribution in [-0.2, 0) is 14.4 Å². The van der Waals surface area contributed by atoms with Crippen LogP contribution in [0, 0.1) is 5.92 Å². The van der Waals surface area contributed by atoms with Crippen molar-refractivity contribution >= 4 is 17.8 Å². The molecule has 0 bridgehead atoms. The van der Waals surface area contributed by atoms with Gasteiger partial charge in [0.1, 0.15) is 12.1 Å². The van der Waals surface area contributed by atoms with Gasteiger partial charge in [0.25, 0.3) is 0 Å². The summed E-state index contributed by atoms with van der Waals surface area (Å²) in [5, 5.41) is 14.9. The zero-order chi connectivity index (χ0) is 26.3. The van der Waals surface area contributed by atoms with E-state index in [0.717, 1.165) is 19.3 Å². The van der Waals surface area contributed by atoms with Crippen LogP contribution in [0.2, 0.25) is 0 Å². The number of rotatable bonds is 24. The zero-order valence-corrected chi connectivity index (χ0v) is 22.9. The molecule has 0 unspecified atom stereocenters. The molecule has 7 heteroatoms. The minimum atomic E-state index is -1.06. The van der Waals surface area contributed by atoms with Gasteiger partial charge >= 0.3 is 5.97 Å². The van der Waals surface area contributed by atoms with Gasteiger partial charge in [0.15, 0.2) is 0 Å². The molecule has 0 aromatic carbocycles. The number of hydrogen-bond donors (Lipinski definition) is 4. The fourth-order valence-electron chi connectivity index (χ4n) is 4.30. The van der Waals surface area contributed by atoms with Crippen molar-refractivity contribution in [2.24, 2.45) is 11.7 Å². The van der Waals surface area contributed by atoms with E-state index in [2.05, 4.69) is 17.6 Å². The average Bonchev–Trinajstić information content (AvgIpc) is 2.80. The third-order valence-electron chi connectivity index (χ3n) is 6.43. The lowest BCUT2D eigenvalue weighted by Crippen LogP contribution is -2.52. The molecule has 35 heavy (non-hydrogen) atoms. The second-order valence-corrected chi connectivity index (χ2v) is 10.4. The number of nitrogens with two attached hydrogens (primary N) is 1. The van der Waals surface area contributed by atoms with Crippen LogP contribution in [0.5, 0.6) is 0 Å². The summed E-state index contributed by atoms with van der Waals surface area (Å²) in [6.45, 7) is 6.70. The van der Waals surface area contributed by atoms with Crippen molar-refractivity contribution in [3.63, 3.8) is 0 Å². The van der Waals surface area contributed by atoms with Gasteiger partial charge in [0.2, 0.25) is 11.8 Å². The lowest BCUT2D eigenvalue weighted by molar-refractivity contribution is -0.142. The highest BCUT2D eigenvalue weighted by Crippen LogP contribution is 2.13. The molecule has 5 N–H and O–H groups in total. The highest BCUT2D eigenvalue weighted by Gasteiger charge is 2.26. The Morgan fingerprint density at radius 1 is 0.714 bits per heavy atom. The van der Waals surface area contributed by atoms with E-state index in [1.165, 1.54) is 64.2 Å². The molecule has 0 aromatic rings. The SMILES string of the molecule is CCCCCCCCCCCCCCCC(=O)N[C@@H](CC(C)C)C(=O)N[C@@H](CCCCN)C(=O)O. The third kappa shape index (κ3) is 20.3. The van der Waals surface area contributed by atoms with E-state index in [0.29, 0.717) is 38.6 Å². The number of carbonyl (C=O) groups is 3. The minimum absolute atomic E-state index is 0.135. The fraction of sp³-hybridized carbons (Fsp3) is 0.893. The van der Waals surface area contributed by atoms with Gasteiger partial charge in [0, 0.05) is 6.42 Å². The van der Waals surface area contributed by atoms with Gasteiger partial charge in [0.05, 0.1) is 0 Å². The van der Waals surface area contributed by atoms with E-state index in [-0.39, 0.29) is 11.8 Å². The molecule has 0 aliphatic carbocycles. The van der Waals surface area contributed by atoms with E-state index in [9.17, 15) is 19.5 Å². The van der Waals surface area contributed by atoms with Crippen LogP contribution in [0.4, 0.5) is 0 Å². The predicted octanol–water partition coefficient (Wildman–Crippen LogP) is 5.70. The molecule has 0 aromatic heterocycles. The van der Waals surface area contributed by atoms with E-state index >= 15 is 0 Å². The number of carbonyl (C=O) groups excluding carboxylic acids is 2. The second kappa shape index (κ2) is 22.8. The molecule has 0 saturated carbocycles. The Hall–Kier alpha value is -1.63. The predicted molar refractivity (Wildman–Crippen MR) is 144 cm³/mol. The molecule has 0 radical (unpaired) electrons. The fourth-order valence-corrected chi connectivity index (χ4v) is 4.30. The first-order chi connectivity index (χ1) is 16.8. The number of hydrogen-bond acceptors (Lipinski definition) is 4. The minimum Gasteiger partial charge on any atom is -0.480 e. The summed E-state index contributed by atoms with van der Waals surface area (Å²) in [4.78, 5) is 36.7. The Bertz CT molecular complexity index is 554. The monoisotopic (exact) mass is 497 g/mol. The smallest absolute Gasteiger partial charge is 0.326 e. The number of aliphatic carboxylic acids is 1. The highest BCUT2D eigenvalue weighted by molar-refractivity contribution is 5.90. The molecule has 0 aliphatic rings. The Kier molecular flexibility index (Phi) is 21.7. The maximum atomic E-state index is 12.7. The van der Waals surface area contributed by atoms with Gasteiger partial charge in [-0.3, -0.25) is 9.59 Å². The largest absolute Gasteiger partial charge is 0.480 e. The van der Waals surface area contributed by atoms with Crippen LogP contribution in [0.15, 0.2) is 0 Å². The quantitative estimate of drug-likeness (QED) is 0.127. The summed E-state index contributed by atoms with van der Waals surface area (Å²) in [6.07, 6.45) is 18.8. The van der Waals surface area contributed by atoms with Crippen LogP contribution in [0.1, 0.15) is 136 Å². The normalized spacial score (nSPS) is 12.9. The first-order valence-electron chi connectivity index (χ1n) is 14.3. The van der Waals surface area contributed by atoms with E-state index in [1.54, 1.807) is 0 Å². The topological polar surface area (TPSA) is 122 Å². The molecule has 0 heterocycles. The molecule has 0 saturated heterocycles. The van der Waals surface area contributed by atoms with Crippen LogP contribution < -0.4 is 16.4 Å². The average molecular weight is 498 g/mol. The van der Waals surface area contributed by atoms with Crippen molar-refractivity contribution in [1.82, 2.24) is 10.6 Å². The summed E-state index contributed by atoms with van der Waals surface area (Å²) in [5.74, 6) is -1.42. The molecule has 2 amide bonds. The zero-order valence-electron chi connectivity index (χ0n) is 22.9. The van der Waals surface area contributed by atoms with Crippen molar-refractivity contribution in [2.75, 3.05) is 6.54 Å². The van der Waals surface area contributed by atoms with Gasteiger partial charge in [-0.15, -0.1) is 0 Å². The molecule has 0 fully saturated rings. The van der Waals surface area contributed by atoms with Gasteiger partial charge in [-0.05, 0) is 44.6 Å². The van der Waals surface area contributed by atoms with Crippen molar-refractivity contribution in [1.29, 1.82) is 0 Å². The van der Waals surface area contributed by atoms with Gasteiger partial charge in [-0.2, -0.15) is 0 Å². The van der Waals surface area contributed by atoms with Crippen LogP contribution >= 0.6 is 0 Å². The van der Waals surface area contributed by atoms with Crippen LogP contribution in [0.25, 0.3) is 0 Å². The summed E-state index contributed by atoms with van der Waals surface area (Å²) < 4.78 is 0. The molecule has 0 spiro atoms. The van der Waals surface area contributed by atoms with E-state index in [1.807, 2.05) is 13.8 Å². The standard InChI is InChI=1S/C28H55N3O4/c1-4-5-6-7-8-9-10-11-12-13-14-15-16-20-26(32)30-25(22-23(2)3)27(33)31-24(28(34)35)19-17-18-21-29/h23-25H,4-22,29H2,1-3H3,(H,30,32)(H,31,33)(H,34,35)/t24-,25-/m0/s1. The number of carboxylic acid groups (broad SMARTS) is 1. The Morgan fingerprint density at radius 3 is 1.69 bits per heavy atom. The highest BCUT2D eigenvalue weighted by atomic mass is 16.4. The molecule has 0 rings (SSSR count). The number of carboxylic acids is 1. The van der Waals surface area contributed by atoms with Gasteiger partial charge in [-0.25, -0.2) is 4.79 Å². The summed E-state index contributed by atoms with van der Waals surface area (Å²) in [5.41, 5.74) is 5.48. The van der Waals surface area contributed by atoms with Crippen molar-refractivity contribution in [2.45, 2.75) is 148 Å². The lowest BCUT2D eigenvalue weighted by atomic mass is 10.0. The first kappa shape index (κ1) is 33.4. The van der Waals surface area contributed by atoms with Gasteiger partial charge in [-0.1, -0.05) is 97.8 Å². The maximum Gasteiger partial charge on any atom is 0.326 e. The number of amides is 2. The second-order valence-electron chi connectivity index (χ2n) is 10.4. The van der Waals surface area contributed by atoms with Crippen LogP contribution in [-0.4, -0.2) is 41.5 Å². The summed E-state index contributed by atoms with van der Waals surface area (Å²) in [6, 6.07) is -1.66. The summed E-state index contributed by atoms with van der Waals surface area (Å²) in [7, 11) is 0. The van der Waals surface area contributed by atoms with E-state index < -0.39 is 24.0 Å². The van der Waals surface area contributed by atoms with Gasteiger partial charge < -0.3 is 21.5 Å². The molecule has 206 valence electrons. The number of nitrogens with one attached hydrogen (secondary N) is 2.